The summed E-state index contributed by atoms with van der Waals surface area (Å²) in [6.07, 6.45) is -4.49. The minimum Gasteiger partial charge on any atom is -0.320 e. The molecule has 1 aromatic carbocycles. The molecule has 9 heteroatoms. The van der Waals surface area contributed by atoms with Crippen LogP contribution >= 0.6 is 15.9 Å². The van der Waals surface area contributed by atoms with E-state index in [0.29, 0.717) is 5.69 Å². The van der Waals surface area contributed by atoms with Crippen LogP contribution in [0.2, 0.25) is 0 Å². The summed E-state index contributed by atoms with van der Waals surface area (Å²) in [5, 5.41) is 11.9. The van der Waals surface area contributed by atoms with Gasteiger partial charge in [0, 0.05) is 10.2 Å². The summed E-state index contributed by atoms with van der Waals surface area (Å²) in [5.74, 6) is -0.637. The first-order valence-corrected chi connectivity index (χ1v) is 6.13. The minimum atomic E-state index is -4.49. The number of aromatic amines is 1. The molecule has 5 nitrogen and oxygen atoms in total. The normalized spacial score (nSPS) is 11.4. The second-order valence-electron chi connectivity index (χ2n) is 3.94. The second-order valence-corrected chi connectivity index (χ2v) is 4.85. The first kappa shape index (κ1) is 14.5. The Morgan fingerprint density at radius 3 is 2.55 bits per heavy atom. The van der Waals surface area contributed by atoms with Crippen molar-refractivity contribution in [3.05, 3.63) is 39.6 Å². The lowest BCUT2D eigenvalue weighted by molar-refractivity contribution is -0.137. The van der Waals surface area contributed by atoms with Gasteiger partial charge in [0.05, 0.1) is 11.3 Å². The topological polar surface area (TPSA) is 70.7 Å². The van der Waals surface area contributed by atoms with Gasteiger partial charge < -0.3 is 5.32 Å². The molecule has 20 heavy (non-hydrogen) atoms. The number of aromatic nitrogens is 3. The molecule has 1 heterocycles. The number of hydrogen-bond acceptors (Lipinski definition) is 3. The van der Waals surface area contributed by atoms with E-state index in [1.54, 1.807) is 6.92 Å². The molecule has 0 spiro atoms. The van der Waals surface area contributed by atoms with E-state index in [1.165, 1.54) is 6.07 Å². The molecule has 2 rings (SSSR count). The van der Waals surface area contributed by atoms with Gasteiger partial charge in [-0.15, -0.1) is 0 Å². The van der Waals surface area contributed by atoms with Crippen molar-refractivity contribution < 1.29 is 18.0 Å². The predicted molar refractivity (Wildman–Crippen MR) is 68.2 cm³/mol. The van der Waals surface area contributed by atoms with Gasteiger partial charge in [-0.05, 0) is 25.1 Å². The van der Waals surface area contributed by atoms with Crippen LogP contribution in [0.4, 0.5) is 18.9 Å². The number of nitrogens with one attached hydrogen (secondary N) is 2. The van der Waals surface area contributed by atoms with E-state index in [0.717, 1.165) is 12.1 Å². The van der Waals surface area contributed by atoms with Crippen molar-refractivity contribution in [2.45, 2.75) is 13.1 Å². The van der Waals surface area contributed by atoms with Gasteiger partial charge in [-0.2, -0.15) is 28.6 Å². The Morgan fingerprint density at radius 1 is 1.30 bits per heavy atom. The van der Waals surface area contributed by atoms with Gasteiger partial charge in [0.15, 0.2) is 5.69 Å². The molecule has 0 saturated carbocycles. The number of halogens is 4. The Morgan fingerprint density at radius 2 is 2.00 bits per heavy atom. The van der Waals surface area contributed by atoms with Gasteiger partial charge in [0.25, 0.3) is 5.91 Å². The number of carbonyl (C=O) groups excluding carboxylic acids is 1. The van der Waals surface area contributed by atoms with Crippen LogP contribution in [0.1, 0.15) is 21.7 Å². The van der Waals surface area contributed by atoms with Gasteiger partial charge in [-0.25, -0.2) is 0 Å². The van der Waals surface area contributed by atoms with Crippen LogP contribution in [-0.4, -0.2) is 21.3 Å². The van der Waals surface area contributed by atoms with Crippen molar-refractivity contribution in [3.63, 3.8) is 0 Å². The van der Waals surface area contributed by atoms with Crippen LogP contribution in [0.25, 0.3) is 0 Å². The van der Waals surface area contributed by atoms with Gasteiger partial charge in [0.1, 0.15) is 0 Å². The van der Waals surface area contributed by atoms with Crippen LogP contribution < -0.4 is 5.32 Å². The molecule has 0 aliphatic heterocycles. The Hall–Kier alpha value is -1.90. The number of anilines is 1. The molecule has 106 valence electrons. The number of benzene rings is 1. The van der Waals surface area contributed by atoms with E-state index in [9.17, 15) is 18.0 Å². The summed E-state index contributed by atoms with van der Waals surface area (Å²) in [6, 6.07) is 3.14. The lowest BCUT2D eigenvalue weighted by atomic mass is 10.2. The number of nitrogens with zero attached hydrogens (tertiary/aromatic N) is 2. The van der Waals surface area contributed by atoms with E-state index in [4.69, 9.17) is 0 Å². The number of carbonyl (C=O) groups is 1. The van der Waals surface area contributed by atoms with Crippen molar-refractivity contribution in [2.24, 2.45) is 0 Å². The number of hydrogen-bond donors (Lipinski definition) is 2. The zero-order chi connectivity index (χ0) is 14.9. The molecule has 0 aliphatic rings. The molecule has 0 aliphatic carbocycles. The van der Waals surface area contributed by atoms with Crippen molar-refractivity contribution in [2.75, 3.05) is 5.32 Å². The number of aryl methyl sites for hydroxylation is 1. The summed E-state index contributed by atoms with van der Waals surface area (Å²) < 4.78 is 38.2. The highest BCUT2D eigenvalue weighted by atomic mass is 79.9. The van der Waals surface area contributed by atoms with E-state index < -0.39 is 17.6 Å². The van der Waals surface area contributed by atoms with E-state index in [2.05, 4.69) is 36.7 Å². The van der Waals surface area contributed by atoms with Crippen LogP contribution in [-0.2, 0) is 6.18 Å². The summed E-state index contributed by atoms with van der Waals surface area (Å²) >= 11 is 2.97. The third-order valence-corrected chi connectivity index (χ3v) is 2.88. The van der Waals surface area contributed by atoms with Crippen LogP contribution in [0.5, 0.6) is 0 Å². The number of H-pyrrole nitrogens is 1. The first-order valence-electron chi connectivity index (χ1n) is 5.34. The zero-order valence-electron chi connectivity index (χ0n) is 10.0. The summed E-state index contributed by atoms with van der Waals surface area (Å²) in [7, 11) is 0. The smallest absolute Gasteiger partial charge is 0.320 e. The monoisotopic (exact) mass is 348 g/mol. The molecule has 0 fully saturated rings. The third-order valence-electron chi connectivity index (χ3n) is 2.42. The highest BCUT2D eigenvalue weighted by Crippen LogP contribution is 2.33. The fourth-order valence-corrected chi connectivity index (χ4v) is 2.01. The largest absolute Gasteiger partial charge is 0.416 e. The standard InChI is InChI=1S/C11H8BrF3N4O/c1-5-9(18-19-17-5)10(20)16-8-3-6(11(13,14)15)2-7(12)4-8/h2-4H,1H3,(H,16,20)(H,17,18,19). The molecule has 0 unspecified atom stereocenters. The quantitative estimate of drug-likeness (QED) is 0.875. The van der Waals surface area contributed by atoms with Crippen LogP contribution in [0.3, 0.4) is 0 Å². The predicted octanol–water partition coefficient (Wildman–Crippen LogP) is 3.15. The van der Waals surface area contributed by atoms with Crippen molar-refractivity contribution in [1.82, 2.24) is 15.4 Å². The fraction of sp³-hybridized carbons (Fsp3) is 0.182. The van der Waals surface area contributed by atoms with Crippen molar-refractivity contribution in [1.29, 1.82) is 0 Å². The molecular weight excluding hydrogens is 341 g/mol. The molecule has 0 bridgehead atoms. The lowest BCUT2D eigenvalue weighted by Crippen LogP contribution is -2.15. The Kier molecular flexibility index (Phi) is 3.80. The maximum atomic E-state index is 12.7. The molecule has 2 aromatic rings. The molecule has 2 N–H and O–H groups in total. The molecular formula is C11H8BrF3N4O. The number of rotatable bonds is 2. The van der Waals surface area contributed by atoms with Gasteiger partial charge >= 0.3 is 6.18 Å². The summed E-state index contributed by atoms with van der Waals surface area (Å²) in [4.78, 5) is 11.8. The van der Waals surface area contributed by atoms with Crippen molar-refractivity contribution in [3.8, 4) is 0 Å². The average molecular weight is 349 g/mol. The summed E-state index contributed by atoms with van der Waals surface area (Å²) in [5.41, 5.74) is -0.467. The maximum Gasteiger partial charge on any atom is 0.416 e. The molecule has 0 atom stereocenters. The fourth-order valence-electron chi connectivity index (χ4n) is 1.51. The Balaban J connectivity index is 2.28. The first-order chi connectivity index (χ1) is 9.27. The summed E-state index contributed by atoms with van der Waals surface area (Å²) in [6.45, 7) is 1.56. The van der Waals surface area contributed by atoms with E-state index in [-0.39, 0.29) is 15.9 Å². The highest BCUT2D eigenvalue weighted by Gasteiger charge is 2.31. The van der Waals surface area contributed by atoms with E-state index in [1.807, 2.05) is 0 Å². The minimum absolute atomic E-state index is 0.0131. The maximum absolute atomic E-state index is 12.7. The third kappa shape index (κ3) is 3.16. The second kappa shape index (κ2) is 5.23. The van der Waals surface area contributed by atoms with Gasteiger partial charge in [-0.3, -0.25) is 4.79 Å². The van der Waals surface area contributed by atoms with Gasteiger partial charge in [-0.1, -0.05) is 15.9 Å². The Bertz CT molecular complexity index is 653. The van der Waals surface area contributed by atoms with Crippen molar-refractivity contribution >= 4 is 27.5 Å². The molecule has 0 radical (unpaired) electrons. The van der Waals surface area contributed by atoms with Gasteiger partial charge in [0.2, 0.25) is 0 Å². The lowest BCUT2D eigenvalue weighted by Gasteiger charge is -2.10. The molecule has 0 saturated heterocycles. The zero-order valence-corrected chi connectivity index (χ0v) is 11.6. The van der Waals surface area contributed by atoms with Crippen LogP contribution in [0, 0.1) is 6.92 Å². The van der Waals surface area contributed by atoms with Crippen LogP contribution in [0.15, 0.2) is 22.7 Å². The molecule has 1 aromatic heterocycles. The SMILES string of the molecule is Cc1n[nH]nc1C(=O)Nc1cc(Br)cc(C(F)(F)F)c1. The molecule has 1 amide bonds. The highest BCUT2D eigenvalue weighted by molar-refractivity contribution is 9.10. The average Bonchev–Trinajstić information content (AvgIpc) is 2.73. The Labute approximate surface area is 119 Å². The number of alkyl halides is 3. The van der Waals surface area contributed by atoms with E-state index >= 15 is 0 Å². The number of amides is 1.